The number of nitrogens with zero attached hydrogens (tertiary/aromatic N) is 4. The van der Waals surface area contributed by atoms with Gasteiger partial charge < -0.3 is 19.8 Å². The van der Waals surface area contributed by atoms with Gasteiger partial charge in [-0.15, -0.1) is 16.4 Å². The van der Waals surface area contributed by atoms with Gasteiger partial charge in [0.25, 0.3) is 5.89 Å². The van der Waals surface area contributed by atoms with Gasteiger partial charge in [-0.05, 0) is 24.8 Å². The molecule has 4 heterocycles. The van der Waals surface area contributed by atoms with E-state index in [-0.39, 0.29) is 29.7 Å². The van der Waals surface area contributed by atoms with Crippen LogP contribution in [0.15, 0.2) is 64.0 Å². The second-order valence-electron chi connectivity index (χ2n) is 10.9. The number of anilines is 2. The molecule has 4 aromatic rings. The maximum Gasteiger partial charge on any atom is 0.317 e. The lowest BCUT2D eigenvalue weighted by atomic mass is 9.71. The molecular formula is C30H30N6O3S. The molecular weight excluding hydrogens is 524 g/mol. The lowest BCUT2D eigenvalue weighted by Gasteiger charge is -2.36. The van der Waals surface area contributed by atoms with E-state index >= 15 is 0 Å². The fraction of sp³-hybridized carbons (Fsp3) is 0.367. The normalized spacial score (nSPS) is 21.7. The molecule has 40 heavy (non-hydrogen) atoms. The topological polar surface area (TPSA) is 115 Å². The van der Waals surface area contributed by atoms with E-state index in [1.807, 2.05) is 54.6 Å². The third-order valence-electron chi connectivity index (χ3n) is 8.00. The molecule has 0 spiro atoms. The third kappa shape index (κ3) is 4.71. The fourth-order valence-electron chi connectivity index (χ4n) is 5.47. The minimum Gasteiger partial charge on any atom is -0.402 e. The highest BCUT2D eigenvalue weighted by Gasteiger charge is 2.38. The second-order valence-corrected chi connectivity index (χ2v) is 11.9. The van der Waals surface area contributed by atoms with Crippen LogP contribution in [0, 0.1) is 0 Å². The van der Waals surface area contributed by atoms with Crippen LogP contribution in [0.1, 0.15) is 54.3 Å². The zero-order valence-corrected chi connectivity index (χ0v) is 23.0. The summed E-state index contributed by atoms with van der Waals surface area (Å²) in [7, 11) is 0. The minimum atomic E-state index is -0.871. The molecule has 2 aromatic carbocycles. The van der Waals surface area contributed by atoms with E-state index in [0.29, 0.717) is 18.2 Å². The first-order valence-corrected chi connectivity index (χ1v) is 14.6. The molecule has 0 radical (unpaired) electrons. The van der Waals surface area contributed by atoms with Crippen molar-refractivity contribution >= 4 is 33.8 Å². The molecule has 2 fully saturated rings. The van der Waals surface area contributed by atoms with E-state index in [1.165, 1.54) is 6.42 Å². The Morgan fingerprint density at radius 2 is 1.85 bits per heavy atom. The molecule has 1 saturated heterocycles. The number of hydrogen-bond donors (Lipinski definition) is 2. The van der Waals surface area contributed by atoms with Crippen molar-refractivity contribution in [2.75, 3.05) is 23.8 Å². The quantitative estimate of drug-likeness (QED) is 0.319. The number of aliphatic imine (C=N–C) groups is 1. The number of carbonyl (C=O) groups excluding carboxylic acids is 1. The number of aromatic nitrogens is 3. The molecule has 9 nitrogen and oxygen atoms in total. The van der Waals surface area contributed by atoms with Crippen molar-refractivity contribution in [3.63, 3.8) is 0 Å². The molecule has 0 unspecified atom stereocenters. The summed E-state index contributed by atoms with van der Waals surface area (Å²) in [5.41, 5.74) is 4.31. The Hall–Kier alpha value is -3.89. The van der Waals surface area contributed by atoms with E-state index in [0.717, 1.165) is 58.3 Å². The standard InChI is InChI=1S/C30H30N6O3S/c1-30(13-7-14-30)28-33-24(27(40-28)31-20-12-15-38-17-20)26-35-36-29(39-26)34-25-22(37)16-19-10-5-6-11-21(19)23(32-25)18-8-3-2-4-9-18/h2-6,8-11,20,25,31H,7,12-17H2,1H3,(H,34,36)/t20-,25-/m1/s1. The number of hydrogen-bond acceptors (Lipinski definition) is 10. The maximum atomic E-state index is 13.3. The number of nitrogens with one attached hydrogen (secondary N) is 2. The summed E-state index contributed by atoms with van der Waals surface area (Å²) in [6, 6.07) is 18.2. The zero-order chi connectivity index (χ0) is 27.1. The van der Waals surface area contributed by atoms with E-state index in [2.05, 4.69) is 27.8 Å². The molecule has 7 rings (SSSR count). The number of Topliss-reactive ketones (excluding diaryl/α,β-unsaturated/α-hetero) is 1. The summed E-state index contributed by atoms with van der Waals surface area (Å²) in [4.78, 5) is 23.2. The van der Waals surface area contributed by atoms with Gasteiger partial charge in [0, 0.05) is 29.6 Å². The Labute approximate surface area is 236 Å². The van der Waals surface area contributed by atoms with Gasteiger partial charge in [0.15, 0.2) is 17.6 Å². The Kier molecular flexibility index (Phi) is 6.44. The lowest BCUT2D eigenvalue weighted by Crippen LogP contribution is -2.30. The van der Waals surface area contributed by atoms with Crippen LogP contribution >= 0.6 is 11.3 Å². The van der Waals surface area contributed by atoms with Crippen molar-refractivity contribution in [1.82, 2.24) is 15.2 Å². The van der Waals surface area contributed by atoms with Gasteiger partial charge in [-0.2, -0.15) is 0 Å². The van der Waals surface area contributed by atoms with E-state index in [9.17, 15) is 4.79 Å². The first kappa shape index (κ1) is 25.1. The third-order valence-corrected chi connectivity index (χ3v) is 9.29. The van der Waals surface area contributed by atoms with Gasteiger partial charge in [0.1, 0.15) is 10.0 Å². The maximum absolute atomic E-state index is 13.3. The highest BCUT2D eigenvalue weighted by molar-refractivity contribution is 7.16. The second kappa shape index (κ2) is 10.3. The number of ether oxygens (including phenoxy) is 1. The first-order chi connectivity index (χ1) is 19.6. The van der Waals surface area contributed by atoms with Crippen molar-refractivity contribution in [1.29, 1.82) is 0 Å². The van der Waals surface area contributed by atoms with Gasteiger partial charge in [0.05, 0.1) is 18.4 Å². The zero-order valence-electron chi connectivity index (χ0n) is 22.2. The number of thiazole rings is 1. The summed E-state index contributed by atoms with van der Waals surface area (Å²) in [5.74, 6) is 0.238. The van der Waals surface area contributed by atoms with Crippen molar-refractivity contribution in [2.24, 2.45) is 4.99 Å². The van der Waals surface area contributed by atoms with Gasteiger partial charge in [-0.3, -0.25) is 9.79 Å². The number of benzene rings is 2. The van der Waals surface area contributed by atoms with E-state index < -0.39 is 6.17 Å². The molecule has 0 amide bonds. The molecule has 2 atom stereocenters. The molecule has 3 aliphatic rings. The number of rotatable bonds is 7. The largest absolute Gasteiger partial charge is 0.402 e. The fourth-order valence-corrected chi connectivity index (χ4v) is 6.71. The Balaban J connectivity index is 1.20. The highest BCUT2D eigenvalue weighted by Crippen LogP contribution is 2.48. The highest BCUT2D eigenvalue weighted by atomic mass is 32.1. The number of ketones is 1. The molecule has 1 aliphatic carbocycles. The Bertz CT molecular complexity index is 1570. The molecule has 2 N–H and O–H groups in total. The molecule has 10 heteroatoms. The minimum absolute atomic E-state index is 0.0735. The lowest BCUT2D eigenvalue weighted by molar-refractivity contribution is -0.119. The van der Waals surface area contributed by atoms with Crippen LogP contribution in [0.3, 0.4) is 0 Å². The average Bonchev–Trinajstić information content (AvgIpc) is 3.71. The first-order valence-electron chi connectivity index (χ1n) is 13.8. The van der Waals surface area contributed by atoms with Crippen molar-refractivity contribution in [3.05, 3.63) is 76.3 Å². The summed E-state index contributed by atoms with van der Waals surface area (Å²) < 4.78 is 11.7. The summed E-state index contributed by atoms with van der Waals surface area (Å²) in [6.45, 7) is 3.67. The van der Waals surface area contributed by atoms with E-state index in [1.54, 1.807) is 11.3 Å². The molecule has 0 bridgehead atoms. The summed E-state index contributed by atoms with van der Waals surface area (Å²) >= 11 is 1.66. The molecule has 204 valence electrons. The number of fused-ring (bicyclic) bond motifs is 1. The summed E-state index contributed by atoms with van der Waals surface area (Å²) in [6.07, 6.45) is 3.77. The SMILES string of the molecule is CC1(c2nc(-c3nnc(N[C@H]4N=C(c5ccccc5)c5ccccc5CC4=O)o3)c(N[C@@H]3CCOC3)s2)CCC1. The van der Waals surface area contributed by atoms with Gasteiger partial charge in [-0.1, -0.05) is 73.0 Å². The predicted octanol–water partition coefficient (Wildman–Crippen LogP) is 5.24. The van der Waals surface area contributed by atoms with Crippen LogP contribution in [0.2, 0.25) is 0 Å². The molecule has 2 aliphatic heterocycles. The van der Waals surface area contributed by atoms with Crippen LogP contribution in [-0.2, 0) is 21.4 Å². The van der Waals surface area contributed by atoms with Gasteiger partial charge in [-0.25, -0.2) is 4.98 Å². The number of carbonyl (C=O) groups is 1. The van der Waals surface area contributed by atoms with Crippen LogP contribution < -0.4 is 10.6 Å². The molecule has 2 aromatic heterocycles. The van der Waals surface area contributed by atoms with Crippen molar-refractivity contribution in [3.8, 4) is 11.6 Å². The van der Waals surface area contributed by atoms with Crippen molar-refractivity contribution < 1.29 is 13.9 Å². The van der Waals surface area contributed by atoms with Crippen molar-refractivity contribution in [2.45, 2.75) is 56.7 Å². The van der Waals surface area contributed by atoms with Crippen LogP contribution in [0.25, 0.3) is 11.6 Å². The van der Waals surface area contributed by atoms with E-state index in [4.69, 9.17) is 19.1 Å². The smallest absolute Gasteiger partial charge is 0.317 e. The van der Waals surface area contributed by atoms with Gasteiger partial charge >= 0.3 is 6.01 Å². The van der Waals surface area contributed by atoms with Crippen LogP contribution in [0.5, 0.6) is 0 Å². The summed E-state index contributed by atoms with van der Waals surface area (Å²) in [5, 5.41) is 17.3. The van der Waals surface area contributed by atoms with Gasteiger partial charge in [0.2, 0.25) is 0 Å². The van der Waals surface area contributed by atoms with Crippen LogP contribution in [-0.4, -0.2) is 52.1 Å². The van der Waals surface area contributed by atoms with Crippen LogP contribution in [0.4, 0.5) is 11.0 Å². The average molecular weight is 555 g/mol. The monoisotopic (exact) mass is 554 g/mol. The Morgan fingerprint density at radius 3 is 2.62 bits per heavy atom. The Morgan fingerprint density at radius 1 is 1.02 bits per heavy atom. The molecule has 1 saturated carbocycles. The predicted molar refractivity (Wildman–Crippen MR) is 154 cm³/mol.